The van der Waals surface area contributed by atoms with Crippen LogP contribution in [0.3, 0.4) is 0 Å². The molecular formula is C16H23NO3. The maximum Gasteiger partial charge on any atom is 0.180 e. The lowest BCUT2D eigenvalue weighted by Crippen LogP contribution is -2.39. The standard InChI is InChI=1S/C16H23NO3/c1-12-4-5-14(16(10-12)19-3)15(18)11-17(2)13-6-8-20-9-7-13/h4-5,10,13H,6-9,11H2,1-3H3. The molecule has 110 valence electrons. The Morgan fingerprint density at radius 2 is 2.10 bits per heavy atom. The average Bonchev–Trinajstić information content (AvgIpc) is 2.47. The van der Waals surface area contributed by atoms with Crippen LogP contribution >= 0.6 is 0 Å². The van der Waals surface area contributed by atoms with Gasteiger partial charge in [0.15, 0.2) is 5.78 Å². The van der Waals surface area contributed by atoms with Crippen LogP contribution < -0.4 is 4.74 Å². The Labute approximate surface area is 120 Å². The van der Waals surface area contributed by atoms with Gasteiger partial charge in [0.2, 0.25) is 0 Å². The van der Waals surface area contributed by atoms with Crippen LogP contribution in [0.1, 0.15) is 28.8 Å². The molecule has 4 nitrogen and oxygen atoms in total. The van der Waals surface area contributed by atoms with Crippen LogP contribution in [0.2, 0.25) is 0 Å². The minimum atomic E-state index is 0.107. The molecule has 4 heteroatoms. The lowest BCUT2D eigenvalue weighted by atomic mass is 10.0. The number of likely N-dealkylation sites (N-methyl/N-ethyl adjacent to an activating group) is 1. The highest BCUT2D eigenvalue weighted by atomic mass is 16.5. The second-order valence-corrected chi connectivity index (χ2v) is 5.39. The summed E-state index contributed by atoms with van der Waals surface area (Å²) in [4.78, 5) is 14.6. The number of nitrogens with zero attached hydrogens (tertiary/aromatic N) is 1. The second-order valence-electron chi connectivity index (χ2n) is 5.39. The molecule has 1 aliphatic rings. The van der Waals surface area contributed by atoms with Crippen LogP contribution in [0.15, 0.2) is 18.2 Å². The second kappa shape index (κ2) is 6.86. The highest BCUT2D eigenvalue weighted by Gasteiger charge is 2.22. The van der Waals surface area contributed by atoms with Gasteiger partial charge in [-0.1, -0.05) is 6.07 Å². The van der Waals surface area contributed by atoms with Crippen LogP contribution in [0, 0.1) is 6.92 Å². The molecule has 2 rings (SSSR count). The van der Waals surface area contributed by atoms with Crippen LogP contribution in [0.4, 0.5) is 0 Å². The van der Waals surface area contributed by atoms with Crippen molar-refractivity contribution < 1.29 is 14.3 Å². The molecule has 1 aromatic carbocycles. The zero-order valence-corrected chi connectivity index (χ0v) is 12.5. The third-order valence-corrected chi connectivity index (χ3v) is 3.86. The maximum atomic E-state index is 12.4. The van der Waals surface area contributed by atoms with Gasteiger partial charge in [0.1, 0.15) is 5.75 Å². The fourth-order valence-corrected chi connectivity index (χ4v) is 2.60. The summed E-state index contributed by atoms with van der Waals surface area (Å²) >= 11 is 0. The van der Waals surface area contributed by atoms with Crippen molar-refractivity contribution in [3.8, 4) is 5.75 Å². The van der Waals surface area contributed by atoms with Crippen molar-refractivity contribution in [3.63, 3.8) is 0 Å². The molecule has 0 unspecified atom stereocenters. The molecule has 0 N–H and O–H groups in total. The Balaban J connectivity index is 2.03. The fourth-order valence-electron chi connectivity index (χ4n) is 2.60. The summed E-state index contributed by atoms with van der Waals surface area (Å²) in [6.45, 7) is 3.99. The van der Waals surface area contributed by atoms with E-state index in [9.17, 15) is 4.79 Å². The molecule has 1 aliphatic heterocycles. The fraction of sp³-hybridized carbons (Fsp3) is 0.562. The number of rotatable bonds is 5. The van der Waals surface area contributed by atoms with E-state index in [1.165, 1.54) is 0 Å². The van der Waals surface area contributed by atoms with E-state index in [0.29, 0.717) is 23.9 Å². The first-order valence-corrected chi connectivity index (χ1v) is 7.07. The Kier molecular flexibility index (Phi) is 5.15. The normalized spacial score (nSPS) is 16.4. The van der Waals surface area contributed by atoms with E-state index in [4.69, 9.17) is 9.47 Å². The van der Waals surface area contributed by atoms with E-state index in [0.717, 1.165) is 31.6 Å². The van der Waals surface area contributed by atoms with Crippen molar-refractivity contribution in [3.05, 3.63) is 29.3 Å². The van der Waals surface area contributed by atoms with Crippen molar-refractivity contribution >= 4 is 5.78 Å². The number of carbonyl (C=O) groups is 1. The van der Waals surface area contributed by atoms with Crippen LogP contribution in [-0.2, 0) is 4.74 Å². The topological polar surface area (TPSA) is 38.8 Å². The molecule has 0 aromatic heterocycles. The van der Waals surface area contributed by atoms with Gasteiger partial charge in [-0.05, 0) is 44.5 Å². The number of hydrogen-bond acceptors (Lipinski definition) is 4. The van der Waals surface area contributed by atoms with Gasteiger partial charge in [0.05, 0.1) is 19.2 Å². The summed E-state index contributed by atoms with van der Waals surface area (Å²) in [5, 5.41) is 0. The number of aryl methyl sites for hydroxylation is 1. The molecule has 0 aliphatic carbocycles. The van der Waals surface area contributed by atoms with Gasteiger partial charge >= 0.3 is 0 Å². The summed E-state index contributed by atoms with van der Waals surface area (Å²) in [5.41, 5.74) is 1.76. The first-order valence-electron chi connectivity index (χ1n) is 7.07. The number of benzene rings is 1. The number of ketones is 1. The molecule has 0 spiro atoms. The largest absolute Gasteiger partial charge is 0.496 e. The van der Waals surface area contributed by atoms with Crippen molar-refractivity contribution in [2.24, 2.45) is 0 Å². The third kappa shape index (κ3) is 3.58. The molecule has 1 saturated heterocycles. The first kappa shape index (κ1) is 15.0. The maximum absolute atomic E-state index is 12.4. The number of carbonyl (C=O) groups excluding carboxylic acids is 1. The highest BCUT2D eigenvalue weighted by molar-refractivity contribution is 6.00. The minimum absolute atomic E-state index is 0.107. The molecule has 1 aromatic rings. The molecular weight excluding hydrogens is 254 g/mol. The number of hydrogen-bond donors (Lipinski definition) is 0. The van der Waals surface area contributed by atoms with E-state index in [-0.39, 0.29) is 5.78 Å². The summed E-state index contributed by atoms with van der Waals surface area (Å²) in [7, 11) is 3.61. The van der Waals surface area contributed by atoms with Gasteiger partial charge in [0.25, 0.3) is 0 Å². The third-order valence-electron chi connectivity index (χ3n) is 3.86. The van der Waals surface area contributed by atoms with E-state index >= 15 is 0 Å². The lowest BCUT2D eigenvalue weighted by molar-refractivity contribution is 0.0418. The molecule has 0 bridgehead atoms. The van der Waals surface area contributed by atoms with Gasteiger partial charge < -0.3 is 9.47 Å². The number of ether oxygens (including phenoxy) is 2. The molecule has 0 radical (unpaired) electrons. The Morgan fingerprint density at radius 1 is 1.40 bits per heavy atom. The predicted octanol–water partition coefficient (Wildman–Crippen LogP) is 2.30. The van der Waals surface area contributed by atoms with Crippen LogP contribution in [0.5, 0.6) is 5.75 Å². The van der Waals surface area contributed by atoms with Crippen molar-refractivity contribution in [1.29, 1.82) is 0 Å². The smallest absolute Gasteiger partial charge is 0.180 e. The van der Waals surface area contributed by atoms with Crippen LogP contribution in [0.25, 0.3) is 0 Å². The predicted molar refractivity (Wildman–Crippen MR) is 78.5 cm³/mol. The van der Waals surface area contributed by atoms with Gasteiger partial charge in [-0.2, -0.15) is 0 Å². The average molecular weight is 277 g/mol. The molecule has 1 fully saturated rings. The Bertz CT molecular complexity index is 467. The van der Waals surface area contributed by atoms with E-state index in [1.54, 1.807) is 7.11 Å². The quantitative estimate of drug-likeness (QED) is 0.774. The number of methoxy groups -OCH3 is 1. The Morgan fingerprint density at radius 3 is 2.75 bits per heavy atom. The SMILES string of the molecule is COc1cc(C)ccc1C(=O)CN(C)C1CCOCC1. The summed E-state index contributed by atoms with van der Waals surface area (Å²) in [5.74, 6) is 0.770. The monoisotopic (exact) mass is 277 g/mol. The van der Waals surface area contributed by atoms with Gasteiger partial charge in [-0.15, -0.1) is 0 Å². The lowest BCUT2D eigenvalue weighted by Gasteiger charge is -2.30. The van der Waals surface area contributed by atoms with E-state index < -0.39 is 0 Å². The molecule has 20 heavy (non-hydrogen) atoms. The van der Waals surface area contributed by atoms with Crippen molar-refractivity contribution in [2.45, 2.75) is 25.8 Å². The van der Waals surface area contributed by atoms with Gasteiger partial charge in [-0.3, -0.25) is 9.69 Å². The molecule has 0 amide bonds. The van der Waals surface area contributed by atoms with Crippen LogP contribution in [-0.4, -0.2) is 50.6 Å². The van der Waals surface area contributed by atoms with Crippen molar-refractivity contribution in [1.82, 2.24) is 4.90 Å². The van der Waals surface area contributed by atoms with Gasteiger partial charge in [0, 0.05) is 19.3 Å². The first-order chi connectivity index (χ1) is 9.61. The van der Waals surface area contributed by atoms with Crippen molar-refractivity contribution in [2.75, 3.05) is 33.9 Å². The molecule has 0 atom stereocenters. The zero-order valence-electron chi connectivity index (χ0n) is 12.5. The molecule has 1 heterocycles. The number of Topliss-reactive ketones (excluding diaryl/α,β-unsaturated/α-hetero) is 1. The summed E-state index contributed by atoms with van der Waals surface area (Å²) in [6, 6.07) is 6.14. The molecule has 0 saturated carbocycles. The van der Waals surface area contributed by atoms with E-state index in [2.05, 4.69) is 4.90 Å². The highest BCUT2D eigenvalue weighted by Crippen LogP contribution is 2.21. The zero-order chi connectivity index (χ0) is 14.5. The van der Waals surface area contributed by atoms with E-state index in [1.807, 2.05) is 32.2 Å². The Hall–Kier alpha value is -1.39. The summed E-state index contributed by atoms with van der Waals surface area (Å²) < 4.78 is 10.7. The minimum Gasteiger partial charge on any atom is -0.496 e. The van der Waals surface area contributed by atoms with Gasteiger partial charge in [-0.25, -0.2) is 0 Å². The summed E-state index contributed by atoms with van der Waals surface area (Å²) in [6.07, 6.45) is 1.99.